The van der Waals surface area contributed by atoms with E-state index in [0.29, 0.717) is 18.4 Å². The number of carbonyl (C=O) groups is 1. The average molecular weight is 276 g/mol. The molecule has 1 amide bonds. The largest absolute Gasteiger partial charge is 0.400 e. The Morgan fingerprint density at radius 3 is 1.68 bits per heavy atom. The second-order valence-corrected chi connectivity index (χ2v) is 6.06. The van der Waals surface area contributed by atoms with Gasteiger partial charge in [-0.05, 0) is 24.8 Å². The van der Waals surface area contributed by atoms with E-state index in [1.54, 1.807) is 7.05 Å². The van der Waals surface area contributed by atoms with E-state index >= 15 is 0 Å². The van der Waals surface area contributed by atoms with Gasteiger partial charge in [-0.1, -0.05) is 41.5 Å². The number of carbonyl (C=O) groups excluding carboxylic acids is 1. The van der Waals surface area contributed by atoms with Crippen LogP contribution in [0, 0.1) is 11.3 Å². The maximum Gasteiger partial charge on any atom is 0.220 e. The van der Waals surface area contributed by atoms with Crippen molar-refractivity contribution in [2.45, 2.75) is 60.4 Å². The maximum atomic E-state index is 11.1. The summed E-state index contributed by atoms with van der Waals surface area (Å²) < 4.78 is 0. The van der Waals surface area contributed by atoms with Crippen LogP contribution in [0.25, 0.3) is 0 Å². The Hall–Kier alpha value is -0.610. The Kier molecular flexibility index (Phi) is 17.1. The number of hydrogen-bond donors (Lipinski definition) is 3. The molecule has 0 heterocycles. The molecule has 118 valence electrons. The number of aliphatic hydroxyl groups is 1. The van der Waals surface area contributed by atoms with Crippen molar-refractivity contribution in [2.24, 2.45) is 11.3 Å². The lowest BCUT2D eigenvalue weighted by Crippen LogP contribution is -2.26. The predicted molar refractivity (Wildman–Crippen MR) is 84.3 cm³/mol. The van der Waals surface area contributed by atoms with Gasteiger partial charge in [0.05, 0.1) is 0 Å². The van der Waals surface area contributed by atoms with Crippen molar-refractivity contribution >= 4 is 5.91 Å². The second kappa shape index (κ2) is 13.8. The highest BCUT2D eigenvalue weighted by Crippen LogP contribution is 2.28. The summed E-state index contributed by atoms with van der Waals surface area (Å²) in [6.45, 7) is 12.9. The zero-order chi connectivity index (χ0) is 16.1. The predicted octanol–water partition coefficient (Wildman–Crippen LogP) is 2.42. The Morgan fingerprint density at radius 2 is 1.47 bits per heavy atom. The summed E-state index contributed by atoms with van der Waals surface area (Å²) in [6.07, 6.45) is 1.72. The summed E-state index contributed by atoms with van der Waals surface area (Å²) in [5.74, 6) is 0.797. The van der Waals surface area contributed by atoms with E-state index in [9.17, 15) is 4.79 Å². The van der Waals surface area contributed by atoms with E-state index in [4.69, 9.17) is 5.11 Å². The Bertz CT molecular complexity index is 202. The summed E-state index contributed by atoms with van der Waals surface area (Å²) in [5, 5.41) is 12.7. The van der Waals surface area contributed by atoms with Gasteiger partial charge in [-0.2, -0.15) is 0 Å². The number of rotatable bonds is 5. The third-order valence-corrected chi connectivity index (χ3v) is 2.46. The van der Waals surface area contributed by atoms with Crippen LogP contribution in [-0.4, -0.2) is 38.3 Å². The van der Waals surface area contributed by atoms with Crippen LogP contribution < -0.4 is 10.6 Å². The Morgan fingerprint density at radius 1 is 1.11 bits per heavy atom. The Balaban J connectivity index is -0.000000307. The van der Waals surface area contributed by atoms with E-state index in [2.05, 4.69) is 52.2 Å². The highest BCUT2D eigenvalue weighted by atomic mass is 16.2. The first-order valence-electron chi connectivity index (χ1n) is 6.97. The van der Waals surface area contributed by atoms with E-state index in [1.165, 1.54) is 0 Å². The van der Waals surface area contributed by atoms with Crippen LogP contribution in [0.4, 0.5) is 0 Å². The van der Waals surface area contributed by atoms with Crippen LogP contribution in [0.5, 0.6) is 0 Å². The van der Waals surface area contributed by atoms with E-state index in [-0.39, 0.29) is 11.3 Å². The molecule has 0 rings (SSSR count). The number of hydrogen-bond acceptors (Lipinski definition) is 3. The normalized spacial score (nSPS) is 10.3. The molecule has 0 fully saturated rings. The van der Waals surface area contributed by atoms with Gasteiger partial charge in [-0.25, -0.2) is 0 Å². The van der Waals surface area contributed by atoms with Crippen LogP contribution in [0.2, 0.25) is 0 Å². The van der Waals surface area contributed by atoms with Gasteiger partial charge in [0, 0.05) is 26.6 Å². The van der Waals surface area contributed by atoms with Crippen LogP contribution >= 0.6 is 0 Å². The third-order valence-electron chi connectivity index (χ3n) is 2.46. The van der Waals surface area contributed by atoms with Crippen molar-refractivity contribution in [3.63, 3.8) is 0 Å². The quantitative estimate of drug-likeness (QED) is 0.722. The zero-order valence-corrected chi connectivity index (χ0v) is 14.4. The minimum atomic E-state index is 0.133. The Labute approximate surface area is 120 Å². The zero-order valence-electron chi connectivity index (χ0n) is 14.4. The van der Waals surface area contributed by atoms with Gasteiger partial charge >= 0.3 is 0 Å². The molecule has 0 bridgehead atoms. The molecular formula is C15H36N2O2. The molecule has 19 heavy (non-hydrogen) atoms. The fourth-order valence-corrected chi connectivity index (χ4v) is 1.70. The molecule has 0 aromatic heterocycles. The fourth-order valence-electron chi connectivity index (χ4n) is 1.70. The van der Waals surface area contributed by atoms with Crippen molar-refractivity contribution in [1.29, 1.82) is 0 Å². The van der Waals surface area contributed by atoms with Crippen molar-refractivity contribution < 1.29 is 9.90 Å². The van der Waals surface area contributed by atoms with Gasteiger partial charge in [0.2, 0.25) is 5.91 Å². The van der Waals surface area contributed by atoms with Gasteiger partial charge < -0.3 is 15.7 Å². The highest BCUT2D eigenvalue weighted by Gasteiger charge is 2.22. The molecule has 0 aliphatic heterocycles. The van der Waals surface area contributed by atoms with Crippen LogP contribution in [0.3, 0.4) is 0 Å². The third kappa shape index (κ3) is 23.0. The first-order chi connectivity index (χ1) is 8.64. The minimum Gasteiger partial charge on any atom is -0.400 e. The first-order valence-corrected chi connectivity index (χ1v) is 6.97. The molecule has 0 saturated carbocycles. The topological polar surface area (TPSA) is 61.4 Å². The molecule has 4 heteroatoms. The first kappa shape index (κ1) is 23.5. The lowest BCUT2D eigenvalue weighted by atomic mass is 9.81. The summed E-state index contributed by atoms with van der Waals surface area (Å²) in [4.78, 5) is 11.1. The lowest BCUT2D eigenvalue weighted by molar-refractivity contribution is -0.122. The number of nitrogens with one attached hydrogen (secondary N) is 2. The number of aliphatic hydroxyl groups excluding tert-OH is 1. The molecule has 0 aromatic carbocycles. The van der Waals surface area contributed by atoms with Gasteiger partial charge in [0.25, 0.3) is 0 Å². The standard InChI is InChI=1S/C10H21NO.C4H11N.CH4O/c1-8(2)6-10(3,4)7-9(12)11-5;1-4(2)5-3;1-2/h8H,6-7H2,1-5H3,(H,11,12);4-5H,1-3H3;2H,1H3. The molecule has 0 aromatic rings. The summed E-state index contributed by atoms with van der Waals surface area (Å²) >= 11 is 0. The van der Waals surface area contributed by atoms with Gasteiger partial charge in [-0.3, -0.25) is 4.79 Å². The molecule has 0 atom stereocenters. The molecule has 0 saturated heterocycles. The van der Waals surface area contributed by atoms with E-state index in [1.807, 2.05) is 7.05 Å². The van der Waals surface area contributed by atoms with Gasteiger partial charge in [-0.15, -0.1) is 0 Å². The molecule has 3 N–H and O–H groups in total. The van der Waals surface area contributed by atoms with Gasteiger partial charge in [0.15, 0.2) is 0 Å². The highest BCUT2D eigenvalue weighted by molar-refractivity contribution is 5.76. The van der Waals surface area contributed by atoms with Crippen LogP contribution in [0.15, 0.2) is 0 Å². The lowest BCUT2D eigenvalue weighted by Gasteiger charge is -2.25. The van der Waals surface area contributed by atoms with Crippen molar-refractivity contribution in [3.8, 4) is 0 Å². The van der Waals surface area contributed by atoms with Crippen LogP contribution in [0.1, 0.15) is 54.4 Å². The van der Waals surface area contributed by atoms with E-state index < -0.39 is 0 Å². The molecule has 0 radical (unpaired) electrons. The average Bonchev–Trinajstić information content (AvgIpc) is 2.29. The molecular weight excluding hydrogens is 240 g/mol. The summed E-state index contributed by atoms with van der Waals surface area (Å²) in [6, 6.07) is 0.634. The van der Waals surface area contributed by atoms with Crippen molar-refractivity contribution in [1.82, 2.24) is 10.6 Å². The smallest absolute Gasteiger partial charge is 0.220 e. The monoisotopic (exact) mass is 276 g/mol. The molecule has 0 spiro atoms. The van der Waals surface area contributed by atoms with Crippen molar-refractivity contribution in [3.05, 3.63) is 0 Å². The SMILES string of the molecule is CNC(=O)CC(C)(C)CC(C)C.CNC(C)C.CO. The molecule has 4 nitrogen and oxygen atoms in total. The summed E-state index contributed by atoms with van der Waals surface area (Å²) in [5.41, 5.74) is 0.133. The molecule has 0 aliphatic rings. The molecule has 0 aliphatic carbocycles. The number of amides is 1. The maximum absolute atomic E-state index is 11.1. The second-order valence-electron chi connectivity index (χ2n) is 6.06. The van der Waals surface area contributed by atoms with E-state index in [0.717, 1.165) is 13.5 Å². The minimum absolute atomic E-state index is 0.133. The fraction of sp³-hybridized carbons (Fsp3) is 0.933. The van der Waals surface area contributed by atoms with Gasteiger partial charge in [0.1, 0.15) is 0 Å². The molecule has 0 unspecified atom stereocenters. The summed E-state index contributed by atoms with van der Waals surface area (Å²) in [7, 11) is 4.64. The van der Waals surface area contributed by atoms with Crippen molar-refractivity contribution in [2.75, 3.05) is 21.2 Å². The van der Waals surface area contributed by atoms with Crippen LogP contribution in [-0.2, 0) is 4.79 Å².